The van der Waals surface area contributed by atoms with E-state index >= 15 is 0 Å². The third-order valence-electron chi connectivity index (χ3n) is 3.03. The lowest BCUT2D eigenvalue weighted by atomic mass is 10.0. The maximum absolute atomic E-state index is 11.2. The first kappa shape index (κ1) is 9.44. The molecule has 0 aromatic carbocycles. The van der Waals surface area contributed by atoms with Gasteiger partial charge in [0.25, 0.3) is 0 Å². The molecule has 1 aromatic rings. The molecular weight excluding hydrogens is 176 g/mol. The number of carbonyl (C=O) groups excluding carboxylic acids is 1. The fourth-order valence-corrected chi connectivity index (χ4v) is 2.24. The molecule has 1 saturated carbocycles. The van der Waals surface area contributed by atoms with Crippen LogP contribution in [0.15, 0.2) is 6.07 Å². The molecule has 1 aliphatic rings. The quantitative estimate of drug-likeness (QED) is 0.674. The fourth-order valence-electron chi connectivity index (χ4n) is 2.24. The summed E-state index contributed by atoms with van der Waals surface area (Å²) < 4.78 is 1.70. The monoisotopic (exact) mass is 192 g/mol. The number of ketones is 1. The van der Waals surface area contributed by atoms with Crippen LogP contribution in [0.3, 0.4) is 0 Å². The molecule has 0 unspecified atom stereocenters. The van der Waals surface area contributed by atoms with Crippen molar-refractivity contribution in [3.63, 3.8) is 0 Å². The lowest BCUT2D eigenvalue weighted by Crippen LogP contribution is -2.02. The predicted molar refractivity (Wildman–Crippen MR) is 54.4 cm³/mol. The standard InChI is InChI=1S/C11H16N2O/c1-8(14)11-7-10(12-13(11)2)9-5-3-4-6-9/h7,9H,3-6H2,1-2H3. The van der Waals surface area contributed by atoms with E-state index in [0.29, 0.717) is 5.92 Å². The molecule has 1 fully saturated rings. The van der Waals surface area contributed by atoms with Crippen LogP contribution in [0, 0.1) is 0 Å². The highest BCUT2D eigenvalue weighted by Crippen LogP contribution is 2.33. The number of rotatable bonds is 2. The summed E-state index contributed by atoms with van der Waals surface area (Å²) in [6.07, 6.45) is 5.07. The molecule has 1 heterocycles. The van der Waals surface area contributed by atoms with Gasteiger partial charge in [-0.1, -0.05) is 12.8 Å². The summed E-state index contributed by atoms with van der Waals surface area (Å²) in [4.78, 5) is 11.2. The molecule has 76 valence electrons. The van der Waals surface area contributed by atoms with Crippen LogP contribution < -0.4 is 0 Å². The molecular formula is C11H16N2O. The third-order valence-corrected chi connectivity index (χ3v) is 3.03. The van der Waals surface area contributed by atoms with Crippen LogP contribution in [-0.2, 0) is 7.05 Å². The third kappa shape index (κ3) is 1.59. The van der Waals surface area contributed by atoms with Gasteiger partial charge in [0, 0.05) is 19.9 Å². The zero-order chi connectivity index (χ0) is 10.1. The lowest BCUT2D eigenvalue weighted by molar-refractivity contribution is 0.100. The number of Topliss-reactive ketones (excluding diaryl/α,β-unsaturated/α-hetero) is 1. The van der Waals surface area contributed by atoms with Crippen LogP contribution >= 0.6 is 0 Å². The Labute approximate surface area is 84.1 Å². The Hall–Kier alpha value is -1.12. The molecule has 0 N–H and O–H groups in total. The van der Waals surface area contributed by atoms with Gasteiger partial charge in [-0.05, 0) is 18.9 Å². The molecule has 0 spiro atoms. The van der Waals surface area contributed by atoms with Crippen molar-refractivity contribution in [1.29, 1.82) is 0 Å². The van der Waals surface area contributed by atoms with Gasteiger partial charge in [-0.15, -0.1) is 0 Å². The largest absolute Gasteiger partial charge is 0.293 e. The number of aryl methyl sites for hydroxylation is 1. The molecule has 3 heteroatoms. The minimum atomic E-state index is 0.101. The summed E-state index contributed by atoms with van der Waals surface area (Å²) in [5, 5.41) is 4.41. The first-order valence-corrected chi connectivity index (χ1v) is 5.23. The van der Waals surface area contributed by atoms with Crippen molar-refractivity contribution in [2.45, 2.75) is 38.5 Å². The van der Waals surface area contributed by atoms with Crippen LogP contribution in [0.2, 0.25) is 0 Å². The minimum absolute atomic E-state index is 0.101. The lowest BCUT2D eigenvalue weighted by Gasteiger charge is -2.02. The molecule has 2 rings (SSSR count). The molecule has 0 bridgehead atoms. The first-order chi connectivity index (χ1) is 6.68. The maximum Gasteiger partial charge on any atom is 0.177 e. The Balaban J connectivity index is 2.27. The van der Waals surface area contributed by atoms with E-state index in [4.69, 9.17) is 0 Å². The van der Waals surface area contributed by atoms with Crippen molar-refractivity contribution in [2.75, 3.05) is 0 Å². The SMILES string of the molecule is CC(=O)c1cc(C2CCCC2)nn1C. The highest BCUT2D eigenvalue weighted by molar-refractivity contribution is 5.92. The summed E-state index contributed by atoms with van der Waals surface area (Å²) in [5.74, 6) is 0.693. The number of carbonyl (C=O) groups is 1. The van der Waals surface area contributed by atoms with Crippen LogP contribution in [0.1, 0.15) is 54.7 Å². The van der Waals surface area contributed by atoms with Crippen LogP contribution in [0.5, 0.6) is 0 Å². The summed E-state index contributed by atoms with van der Waals surface area (Å²) >= 11 is 0. The van der Waals surface area contributed by atoms with Crippen LogP contribution in [0.25, 0.3) is 0 Å². The zero-order valence-electron chi connectivity index (χ0n) is 8.79. The summed E-state index contributed by atoms with van der Waals surface area (Å²) in [6.45, 7) is 1.59. The van der Waals surface area contributed by atoms with Crippen molar-refractivity contribution in [3.05, 3.63) is 17.5 Å². The van der Waals surface area contributed by atoms with Gasteiger partial charge in [-0.3, -0.25) is 9.48 Å². The number of aromatic nitrogens is 2. The fraction of sp³-hybridized carbons (Fsp3) is 0.636. The van der Waals surface area contributed by atoms with E-state index in [1.165, 1.54) is 25.7 Å². The zero-order valence-corrected chi connectivity index (χ0v) is 8.79. The van der Waals surface area contributed by atoms with Crippen molar-refractivity contribution in [1.82, 2.24) is 9.78 Å². The van der Waals surface area contributed by atoms with E-state index < -0.39 is 0 Å². The Morgan fingerprint density at radius 3 is 2.64 bits per heavy atom. The second-order valence-corrected chi connectivity index (χ2v) is 4.12. The molecule has 0 atom stereocenters. The smallest absolute Gasteiger partial charge is 0.177 e. The molecule has 0 aliphatic heterocycles. The van der Waals surface area contributed by atoms with Gasteiger partial charge < -0.3 is 0 Å². The van der Waals surface area contributed by atoms with Crippen LogP contribution in [-0.4, -0.2) is 15.6 Å². The van der Waals surface area contributed by atoms with E-state index in [9.17, 15) is 4.79 Å². The summed E-state index contributed by atoms with van der Waals surface area (Å²) in [5.41, 5.74) is 1.84. The van der Waals surface area contributed by atoms with Crippen molar-refractivity contribution < 1.29 is 4.79 Å². The Kier molecular flexibility index (Phi) is 2.40. The Morgan fingerprint density at radius 2 is 2.14 bits per heavy atom. The van der Waals surface area contributed by atoms with Gasteiger partial charge in [-0.25, -0.2) is 0 Å². The van der Waals surface area contributed by atoms with Gasteiger partial charge in [0.1, 0.15) is 5.69 Å². The van der Waals surface area contributed by atoms with Gasteiger partial charge in [0.2, 0.25) is 0 Å². The average Bonchev–Trinajstić information content (AvgIpc) is 2.70. The maximum atomic E-state index is 11.2. The highest BCUT2D eigenvalue weighted by Gasteiger charge is 2.21. The molecule has 1 aliphatic carbocycles. The normalized spacial score (nSPS) is 17.6. The topological polar surface area (TPSA) is 34.9 Å². The number of hydrogen-bond donors (Lipinski definition) is 0. The minimum Gasteiger partial charge on any atom is -0.293 e. The molecule has 14 heavy (non-hydrogen) atoms. The van der Waals surface area contributed by atoms with Crippen molar-refractivity contribution in [2.24, 2.45) is 7.05 Å². The molecule has 0 saturated heterocycles. The molecule has 0 amide bonds. The second-order valence-electron chi connectivity index (χ2n) is 4.12. The summed E-state index contributed by atoms with van der Waals surface area (Å²) in [6, 6.07) is 1.96. The van der Waals surface area contributed by atoms with Crippen molar-refractivity contribution in [3.8, 4) is 0 Å². The number of hydrogen-bond acceptors (Lipinski definition) is 2. The Bertz CT molecular complexity index is 348. The molecule has 3 nitrogen and oxygen atoms in total. The van der Waals surface area contributed by atoms with E-state index in [0.717, 1.165) is 11.4 Å². The Morgan fingerprint density at radius 1 is 1.50 bits per heavy atom. The number of nitrogens with zero attached hydrogens (tertiary/aromatic N) is 2. The van der Waals surface area contributed by atoms with Crippen LogP contribution in [0.4, 0.5) is 0 Å². The van der Waals surface area contributed by atoms with Gasteiger partial charge in [0.05, 0.1) is 5.69 Å². The van der Waals surface area contributed by atoms with Gasteiger partial charge in [0.15, 0.2) is 5.78 Å². The van der Waals surface area contributed by atoms with Gasteiger partial charge >= 0.3 is 0 Å². The first-order valence-electron chi connectivity index (χ1n) is 5.23. The predicted octanol–water partition coefficient (Wildman–Crippen LogP) is 2.28. The average molecular weight is 192 g/mol. The summed E-state index contributed by atoms with van der Waals surface area (Å²) in [7, 11) is 1.84. The second kappa shape index (κ2) is 3.56. The molecule has 1 aromatic heterocycles. The van der Waals surface area contributed by atoms with Crippen molar-refractivity contribution >= 4 is 5.78 Å². The van der Waals surface area contributed by atoms with E-state index in [1.807, 2.05) is 13.1 Å². The van der Waals surface area contributed by atoms with Gasteiger partial charge in [-0.2, -0.15) is 5.10 Å². The van der Waals surface area contributed by atoms with E-state index in [2.05, 4.69) is 5.10 Å². The highest BCUT2D eigenvalue weighted by atomic mass is 16.1. The van der Waals surface area contributed by atoms with E-state index in [-0.39, 0.29) is 5.78 Å². The molecule has 0 radical (unpaired) electrons. The van der Waals surface area contributed by atoms with E-state index in [1.54, 1.807) is 11.6 Å².